The van der Waals surface area contributed by atoms with Crippen LogP contribution in [0.1, 0.15) is 93.1 Å². The number of likely N-dealkylation sites (N-methyl/N-ethyl adjacent to an activating group) is 2. The van der Waals surface area contributed by atoms with Crippen molar-refractivity contribution in [3.8, 4) is 0 Å². The standard InChI is InChI=1S/C46H79N7O9/c1-14-30(6)40(52(11)45(58)38(28(2)3)50-44(57)39(29(4)5)51(9)10)36(60-12)27-37(54)53-24-18-22-35(53)41(61-13)31(7)42(55)49-34(26-33-20-16-15-17-21-33)43(56)48-23-19-25-62-46(59)32(8)47/h15-17,20-21,28-32,34-36,38-41H,14,18-19,22-27,47H2,1-13H3,(H,48,56)(H,49,55)(H,50,57)/t30-,31+,32-,34-,35-,36+,38-,39-,40-,41+/m0/s1. The summed E-state index contributed by atoms with van der Waals surface area (Å²) in [5, 5.41) is 8.82. The van der Waals surface area contributed by atoms with E-state index < -0.39 is 66.3 Å². The molecule has 352 valence electrons. The van der Waals surface area contributed by atoms with Gasteiger partial charge in [0.2, 0.25) is 29.5 Å². The molecule has 1 aliphatic heterocycles. The highest BCUT2D eigenvalue weighted by Crippen LogP contribution is 2.30. The summed E-state index contributed by atoms with van der Waals surface area (Å²) in [4.78, 5) is 86.6. The summed E-state index contributed by atoms with van der Waals surface area (Å²) >= 11 is 0. The zero-order valence-electron chi connectivity index (χ0n) is 39.8. The van der Waals surface area contributed by atoms with Crippen LogP contribution in [-0.2, 0) is 49.4 Å². The van der Waals surface area contributed by atoms with E-state index >= 15 is 0 Å². The van der Waals surface area contributed by atoms with Crippen molar-refractivity contribution in [3.05, 3.63) is 35.9 Å². The van der Waals surface area contributed by atoms with Crippen LogP contribution in [0.25, 0.3) is 0 Å². The first-order valence-electron chi connectivity index (χ1n) is 22.3. The largest absolute Gasteiger partial charge is 0.464 e. The Kier molecular flexibility index (Phi) is 23.1. The average Bonchev–Trinajstić information content (AvgIpc) is 3.71. The summed E-state index contributed by atoms with van der Waals surface area (Å²) < 4.78 is 17.1. The molecule has 0 aromatic heterocycles. The second-order valence-corrected chi connectivity index (χ2v) is 17.8. The number of amides is 5. The average molecular weight is 874 g/mol. The Bertz CT molecular complexity index is 1570. The molecule has 0 radical (unpaired) electrons. The lowest BCUT2D eigenvalue weighted by molar-refractivity contribution is -0.148. The van der Waals surface area contributed by atoms with Crippen LogP contribution in [0.15, 0.2) is 30.3 Å². The molecule has 5 amide bonds. The predicted molar refractivity (Wildman–Crippen MR) is 240 cm³/mol. The summed E-state index contributed by atoms with van der Waals surface area (Å²) in [5.41, 5.74) is 6.40. The molecule has 0 bridgehead atoms. The lowest BCUT2D eigenvalue weighted by Crippen LogP contribution is -2.59. The molecule has 0 spiro atoms. The van der Waals surface area contributed by atoms with Gasteiger partial charge in [0.15, 0.2) is 0 Å². The van der Waals surface area contributed by atoms with Crippen molar-refractivity contribution in [2.75, 3.05) is 55.1 Å². The Labute approximate surface area is 371 Å². The van der Waals surface area contributed by atoms with Gasteiger partial charge in [-0.05, 0) is 63.6 Å². The number of hydrogen-bond acceptors (Lipinski definition) is 11. The SMILES string of the molecule is CC[C@H](C)[C@@H]([C@@H](CC(=O)N1CCC[C@H]1[C@H](OC)[C@@H](C)C(=O)N[C@@H](Cc1ccccc1)C(=O)NCCCOC(=O)[C@H](C)N)OC)N(C)C(=O)[C@@H](NC(=O)[C@H](C(C)C)N(C)C)C(C)C. The van der Waals surface area contributed by atoms with Gasteiger partial charge in [0.1, 0.15) is 18.1 Å². The smallest absolute Gasteiger partial charge is 0.322 e. The second kappa shape index (κ2) is 26.5. The maximum absolute atomic E-state index is 14.4. The van der Waals surface area contributed by atoms with Gasteiger partial charge in [0.05, 0.1) is 49.3 Å². The fourth-order valence-electron chi connectivity index (χ4n) is 8.48. The highest BCUT2D eigenvalue weighted by molar-refractivity contribution is 5.91. The zero-order chi connectivity index (χ0) is 46.8. The first kappa shape index (κ1) is 54.0. The monoisotopic (exact) mass is 874 g/mol. The number of esters is 1. The predicted octanol–water partition coefficient (Wildman–Crippen LogP) is 2.76. The van der Waals surface area contributed by atoms with Gasteiger partial charge in [-0.25, -0.2) is 0 Å². The van der Waals surface area contributed by atoms with Crippen LogP contribution in [0.2, 0.25) is 0 Å². The lowest BCUT2D eigenvalue weighted by atomic mass is 9.89. The Morgan fingerprint density at radius 1 is 0.871 bits per heavy atom. The highest BCUT2D eigenvalue weighted by atomic mass is 16.5. The van der Waals surface area contributed by atoms with Crippen molar-refractivity contribution in [3.63, 3.8) is 0 Å². The fraction of sp³-hybridized carbons (Fsp3) is 0.739. The number of nitrogens with zero attached hydrogens (tertiary/aromatic N) is 3. The number of rotatable bonds is 26. The zero-order valence-corrected chi connectivity index (χ0v) is 39.8. The van der Waals surface area contributed by atoms with Gasteiger partial charge >= 0.3 is 5.97 Å². The van der Waals surface area contributed by atoms with E-state index in [1.807, 2.05) is 90.9 Å². The van der Waals surface area contributed by atoms with E-state index in [0.29, 0.717) is 32.2 Å². The summed E-state index contributed by atoms with van der Waals surface area (Å²) in [6, 6.07) is 5.57. The lowest BCUT2D eigenvalue weighted by Gasteiger charge is -2.41. The molecule has 0 saturated carbocycles. The summed E-state index contributed by atoms with van der Waals surface area (Å²) in [5.74, 6) is -2.95. The summed E-state index contributed by atoms with van der Waals surface area (Å²) in [6.07, 6.45) is 1.24. The second-order valence-electron chi connectivity index (χ2n) is 17.8. The van der Waals surface area contributed by atoms with E-state index in [4.69, 9.17) is 19.9 Å². The molecule has 1 aromatic rings. The summed E-state index contributed by atoms with van der Waals surface area (Å²) in [7, 11) is 8.47. The molecule has 2 rings (SSSR count). The third-order valence-electron chi connectivity index (χ3n) is 12.1. The maximum atomic E-state index is 14.4. The van der Waals surface area contributed by atoms with Crippen LogP contribution in [-0.4, -0.2) is 154 Å². The molecule has 62 heavy (non-hydrogen) atoms. The quantitative estimate of drug-likeness (QED) is 0.0788. The first-order valence-corrected chi connectivity index (χ1v) is 22.3. The van der Waals surface area contributed by atoms with Gasteiger partial charge in [-0.1, -0.05) is 85.2 Å². The van der Waals surface area contributed by atoms with Crippen molar-refractivity contribution < 1.29 is 43.0 Å². The Balaban J connectivity index is 2.27. The van der Waals surface area contributed by atoms with Crippen molar-refractivity contribution in [1.29, 1.82) is 0 Å². The van der Waals surface area contributed by atoms with Gasteiger partial charge in [0, 0.05) is 40.8 Å². The molecule has 10 atom stereocenters. The Morgan fingerprint density at radius 2 is 1.52 bits per heavy atom. The molecule has 0 unspecified atom stereocenters. The normalized spacial score (nSPS) is 18.5. The topological polar surface area (TPSA) is 202 Å². The molecule has 5 N–H and O–H groups in total. The number of ether oxygens (including phenoxy) is 3. The number of carbonyl (C=O) groups excluding carboxylic acids is 6. The number of methoxy groups -OCH3 is 2. The van der Waals surface area contributed by atoms with Crippen LogP contribution < -0.4 is 21.7 Å². The molecule has 1 aliphatic rings. The third-order valence-corrected chi connectivity index (χ3v) is 12.1. The molecule has 0 aliphatic carbocycles. The number of nitrogens with two attached hydrogens (primary N) is 1. The molecule has 16 heteroatoms. The van der Waals surface area contributed by atoms with Gasteiger partial charge in [0.25, 0.3) is 0 Å². The van der Waals surface area contributed by atoms with Crippen molar-refractivity contribution in [1.82, 2.24) is 30.7 Å². The minimum absolute atomic E-state index is 0.0187. The van der Waals surface area contributed by atoms with Crippen LogP contribution >= 0.6 is 0 Å². The van der Waals surface area contributed by atoms with Gasteiger partial charge in [-0.3, -0.25) is 33.7 Å². The molecule has 1 heterocycles. The molecule has 16 nitrogen and oxygen atoms in total. The first-order chi connectivity index (χ1) is 29.2. The summed E-state index contributed by atoms with van der Waals surface area (Å²) in [6.45, 7) is 15.8. The molecular formula is C46H79N7O9. The van der Waals surface area contributed by atoms with Crippen LogP contribution in [0.3, 0.4) is 0 Å². The number of nitrogens with one attached hydrogen (secondary N) is 3. The number of hydrogen-bond donors (Lipinski definition) is 4. The number of likely N-dealkylation sites (tertiary alicyclic amines) is 1. The Hall–Kier alpha value is -4.12. The molecular weight excluding hydrogens is 795 g/mol. The third kappa shape index (κ3) is 15.6. The van der Waals surface area contributed by atoms with E-state index in [9.17, 15) is 28.8 Å². The van der Waals surface area contributed by atoms with Crippen molar-refractivity contribution in [2.24, 2.45) is 29.4 Å². The number of benzene rings is 1. The minimum atomic E-state index is -0.911. The molecule has 1 aromatic carbocycles. The molecule has 1 fully saturated rings. The van der Waals surface area contributed by atoms with E-state index in [1.54, 1.807) is 30.9 Å². The van der Waals surface area contributed by atoms with Crippen LogP contribution in [0, 0.1) is 23.7 Å². The van der Waals surface area contributed by atoms with E-state index in [2.05, 4.69) is 16.0 Å². The van der Waals surface area contributed by atoms with Gasteiger partial charge in [-0.2, -0.15) is 0 Å². The fourth-order valence-corrected chi connectivity index (χ4v) is 8.48. The van der Waals surface area contributed by atoms with Crippen LogP contribution in [0.4, 0.5) is 0 Å². The molecule has 1 saturated heterocycles. The van der Waals surface area contributed by atoms with Crippen molar-refractivity contribution >= 4 is 35.5 Å². The van der Waals surface area contributed by atoms with Gasteiger partial charge in [-0.15, -0.1) is 0 Å². The van der Waals surface area contributed by atoms with E-state index in [-0.39, 0.29) is 67.4 Å². The van der Waals surface area contributed by atoms with E-state index in [0.717, 1.165) is 5.56 Å². The number of carbonyl (C=O) groups is 6. The van der Waals surface area contributed by atoms with Crippen LogP contribution in [0.5, 0.6) is 0 Å². The van der Waals surface area contributed by atoms with Crippen molar-refractivity contribution in [2.45, 2.75) is 142 Å². The maximum Gasteiger partial charge on any atom is 0.322 e. The highest BCUT2D eigenvalue weighted by Gasteiger charge is 2.43. The Morgan fingerprint density at radius 3 is 2.05 bits per heavy atom. The minimum Gasteiger partial charge on any atom is -0.464 e. The van der Waals surface area contributed by atoms with E-state index in [1.165, 1.54) is 14.0 Å². The van der Waals surface area contributed by atoms with Gasteiger partial charge < -0.3 is 45.7 Å².